The zero-order chi connectivity index (χ0) is 13.5. The van der Waals surface area contributed by atoms with E-state index < -0.39 is 0 Å². The van der Waals surface area contributed by atoms with Gasteiger partial charge in [0, 0.05) is 5.56 Å². The van der Waals surface area contributed by atoms with Crippen LogP contribution in [-0.2, 0) is 11.4 Å². The quantitative estimate of drug-likeness (QED) is 0.661. The maximum atomic E-state index is 9.83. The van der Waals surface area contributed by atoms with E-state index in [4.69, 9.17) is 9.57 Å². The number of methoxy groups -OCH3 is 1. The summed E-state index contributed by atoms with van der Waals surface area (Å²) >= 11 is 0. The van der Waals surface area contributed by atoms with Gasteiger partial charge < -0.3 is 14.7 Å². The largest absolute Gasteiger partial charge is 0.504 e. The molecule has 0 aliphatic carbocycles. The predicted molar refractivity (Wildman–Crippen MR) is 73.5 cm³/mol. The fraction of sp³-hybridized carbons (Fsp3) is 0.133. The molecule has 0 atom stereocenters. The second kappa shape index (κ2) is 6.44. The molecule has 0 fully saturated rings. The molecule has 0 unspecified atom stereocenters. The number of hydrogen-bond donors (Lipinski definition) is 1. The first-order chi connectivity index (χ1) is 9.31. The van der Waals surface area contributed by atoms with Crippen LogP contribution in [0.4, 0.5) is 0 Å². The lowest BCUT2D eigenvalue weighted by atomic mass is 10.2. The molecule has 0 saturated heterocycles. The molecule has 19 heavy (non-hydrogen) atoms. The Balaban J connectivity index is 1.96. The molecule has 0 radical (unpaired) electrons. The lowest BCUT2D eigenvalue weighted by Crippen LogP contribution is -1.90. The summed E-state index contributed by atoms with van der Waals surface area (Å²) in [4.78, 5) is 5.17. The van der Waals surface area contributed by atoms with Crippen molar-refractivity contribution in [1.82, 2.24) is 0 Å². The van der Waals surface area contributed by atoms with E-state index in [9.17, 15) is 5.11 Å². The third kappa shape index (κ3) is 3.48. The van der Waals surface area contributed by atoms with Crippen LogP contribution < -0.4 is 4.74 Å². The average molecular weight is 257 g/mol. The van der Waals surface area contributed by atoms with Crippen molar-refractivity contribution in [3.63, 3.8) is 0 Å². The molecule has 98 valence electrons. The summed E-state index contributed by atoms with van der Waals surface area (Å²) in [6.45, 7) is 0.391. The molecule has 0 aliphatic rings. The first-order valence-corrected chi connectivity index (χ1v) is 5.86. The highest BCUT2D eigenvalue weighted by Crippen LogP contribution is 2.27. The molecule has 2 rings (SSSR count). The lowest BCUT2D eigenvalue weighted by molar-refractivity contribution is 0.132. The van der Waals surface area contributed by atoms with Crippen molar-refractivity contribution >= 4 is 6.21 Å². The summed E-state index contributed by atoms with van der Waals surface area (Å²) in [5.74, 6) is 0.462. The van der Waals surface area contributed by atoms with Crippen molar-refractivity contribution in [3.05, 3.63) is 59.7 Å². The topological polar surface area (TPSA) is 51.0 Å². The van der Waals surface area contributed by atoms with Crippen LogP contribution in [0.25, 0.3) is 0 Å². The van der Waals surface area contributed by atoms with Gasteiger partial charge in [0.15, 0.2) is 11.5 Å². The number of phenols is 1. The van der Waals surface area contributed by atoms with Gasteiger partial charge in [-0.1, -0.05) is 41.6 Å². The van der Waals surface area contributed by atoms with Crippen molar-refractivity contribution in [2.45, 2.75) is 6.61 Å². The van der Waals surface area contributed by atoms with E-state index in [0.717, 1.165) is 5.56 Å². The van der Waals surface area contributed by atoms with Gasteiger partial charge in [-0.2, -0.15) is 0 Å². The number of hydrogen-bond acceptors (Lipinski definition) is 4. The molecular weight excluding hydrogens is 242 g/mol. The fourth-order valence-corrected chi connectivity index (χ4v) is 1.59. The molecule has 0 bridgehead atoms. The van der Waals surface area contributed by atoms with E-state index in [1.165, 1.54) is 13.3 Å². The summed E-state index contributed by atoms with van der Waals surface area (Å²) < 4.78 is 5.01. The average Bonchev–Trinajstić information content (AvgIpc) is 2.46. The minimum absolute atomic E-state index is 0.0528. The third-order valence-corrected chi connectivity index (χ3v) is 2.59. The maximum absolute atomic E-state index is 9.83. The number of benzene rings is 2. The van der Waals surface area contributed by atoms with Crippen molar-refractivity contribution in [3.8, 4) is 11.5 Å². The molecule has 2 aromatic rings. The summed E-state index contributed by atoms with van der Waals surface area (Å²) in [6, 6.07) is 14.9. The highest BCUT2D eigenvalue weighted by molar-refractivity contribution is 5.84. The van der Waals surface area contributed by atoms with Crippen LogP contribution >= 0.6 is 0 Å². The Labute approximate surface area is 111 Å². The number of nitrogens with zero attached hydrogens (tertiary/aromatic N) is 1. The Morgan fingerprint density at radius 3 is 2.63 bits per heavy atom. The zero-order valence-electron chi connectivity index (χ0n) is 10.6. The van der Waals surface area contributed by atoms with E-state index >= 15 is 0 Å². The van der Waals surface area contributed by atoms with Crippen molar-refractivity contribution in [2.75, 3.05) is 7.11 Å². The Hall–Kier alpha value is -2.49. The van der Waals surface area contributed by atoms with Crippen LogP contribution in [0.3, 0.4) is 0 Å². The van der Waals surface area contributed by atoms with E-state index in [2.05, 4.69) is 5.16 Å². The third-order valence-electron chi connectivity index (χ3n) is 2.59. The van der Waals surface area contributed by atoms with Crippen molar-refractivity contribution < 1.29 is 14.7 Å². The molecule has 0 spiro atoms. The Bertz CT molecular complexity index is 553. The lowest BCUT2D eigenvalue weighted by Gasteiger charge is -2.04. The van der Waals surface area contributed by atoms with Gasteiger partial charge in [0.2, 0.25) is 0 Å². The van der Waals surface area contributed by atoms with Gasteiger partial charge in [-0.3, -0.25) is 0 Å². The van der Waals surface area contributed by atoms with E-state index in [-0.39, 0.29) is 5.75 Å². The predicted octanol–water partition coefficient (Wildman–Crippen LogP) is 2.95. The fourth-order valence-electron chi connectivity index (χ4n) is 1.59. The van der Waals surface area contributed by atoms with Crippen LogP contribution in [0.5, 0.6) is 11.5 Å². The van der Waals surface area contributed by atoms with Gasteiger partial charge in [-0.25, -0.2) is 0 Å². The molecule has 0 saturated carbocycles. The summed E-state index contributed by atoms with van der Waals surface area (Å²) in [7, 11) is 1.50. The Morgan fingerprint density at radius 1 is 1.11 bits per heavy atom. The first kappa shape index (κ1) is 13.0. The van der Waals surface area contributed by atoms with Gasteiger partial charge in [-0.15, -0.1) is 0 Å². The van der Waals surface area contributed by atoms with Crippen LogP contribution in [-0.4, -0.2) is 18.4 Å². The number of phenolic OH excluding ortho intramolecular Hbond substituents is 1. The van der Waals surface area contributed by atoms with Crippen molar-refractivity contribution in [2.24, 2.45) is 5.16 Å². The molecule has 0 heterocycles. The monoisotopic (exact) mass is 257 g/mol. The second-order valence-electron chi connectivity index (χ2n) is 3.89. The molecule has 0 aromatic heterocycles. The van der Waals surface area contributed by atoms with Crippen LogP contribution in [0.1, 0.15) is 11.1 Å². The van der Waals surface area contributed by atoms with Crippen molar-refractivity contribution in [1.29, 1.82) is 0 Å². The molecule has 4 heteroatoms. The minimum Gasteiger partial charge on any atom is -0.504 e. The maximum Gasteiger partial charge on any atom is 0.166 e. The van der Waals surface area contributed by atoms with Crippen LogP contribution in [0.15, 0.2) is 53.7 Å². The number of rotatable bonds is 5. The van der Waals surface area contributed by atoms with E-state index in [1.54, 1.807) is 18.2 Å². The SMILES string of the molecule is COc1cccc(/C=N/OCc2ccccc2)c1O. The minimum atomic E-state index is 0.0528. The highest BCUT2D eigenvalue weighted by Gasteiger charge is 2.04. The van der Waals surface area contributed by atoms with Crippen LogP contribution in [0, 0.1) is 0 Å². The van der Waals surface area contributed by atoms with Gasteiger partial charge >= 0.3 is 0 Å². The smallest absolute Gasteiger partial charge is 0.166 e. The summed E-state index contributed by atoms with van der Waals surface area (Å²) in [5, 5.41) is 13.7. The molecule has 2 aromatic carbocycles. The highest BCUT2D eigenvalue weighted by atomic mass is 16.6. The van der Waals surface area contributed by atoms with Crippen LogP contribution in [0.2, 0.25) is 0 Å². The van der Waals surface area contributed by atoms with Gasteiger partial charge in [0.1, 0.15) is 6.61 Å². The normalized spacial score (nSPS) is 10.6. The molecule has 1 N–H and O–H groups in total. The Morgan fingerprint density at radius 2 is 1.89 bits per heavy atom. The number of aromatic hydroxyl groups is 1. The van der Waals surface area contributed by atoms with E-state index in [0.29, 0.717) is 17.9 Å². The number of oxime groups is 1. The standard InChI is InChI=1S/C15H15NO3/c1-18-14-9-5-8-13(15(14)17)10-16-19-11-12-6-3-2-4-7-12/h2-10,17H,11H2,1H3/b16-10+. The van der Waals surface area contributed by atoms with Gasteiger partial charge in [0.25, 0.3) is 0 Å². The molecule has 4 nitrogen and oxygen atoms in total. The van der Waals surface area contributed by atoms with Gasteiger partial charge in [-0.05, 0) is 17.7 Å². The molecule has 0 aliphatic heterocycles. The number of ether oxygens (including phenoxy) is 1. The zero-order valence-corrected chi connectivity index (χ0v) is 10.6. The second-order valence-corrected chi connectivity index (χ2v) is 3.89. The summed E-state index contributed by atoms with van der Waals surface area (Å²) in [6.07, 6.45) is 1.46. The summed E-state index contributed by atoms with van der Waals surface area (Å²) in [5.41, 5.74) is 1.59. The number of para-hydroxylation sites is 1. The first-order valence-electron chi connectivity index (χ1n) is 5.86. The Kier molecular flexibility index (Phi) is 4.39. The van der Waals surface area contributed by atoms with E-state index in [1.807, 2.05) is 30.3 Å². The molecular formula is C15H15NO3. The molecule has 0 amide bonds. The van der Waals surface area contributed by atoms with Gasteiger partial charge in [0.05, 0.1) is 13.3 Å².